The molecule has 110 valence electrons. The van der Waals surface area contributed by atoms with Crippen LogP contribution < -0.4 is 5.32 Å². The summed E-state index contributed by atoms with van der Waals surface area (Å²) in [4.78, 5) is 0. The number of aromatic hydroxyl groups is 1. The molecule has 0 aromatic heterocycles. The zero-order valence-corrected chi connectivity index (χ0v) is 12.6. The summed E-state index contributed by atoms with van der Waals surface area (Å²) >= 11 is 0. The smallest absolute Gasteiger partial charge is 0.120 e. The van der Waals surface area contributed by atoms with Gasteiger partial charge in [-0.25, -0.2) is 0 Å². The normalized spacial score (nSPS) is 10.4. The molecule has 3 aromatic rings. The van der Waals surface area contributed by atoms with Crippen molar-refractivity contribution in [2.45, 2.75) is 13.5 Å². The van der Waals surface area contributed by atoms with Crippen molar-refractivity contribution in [1.82, 2.24) is 0 Å². The van der Waals surface area contributed by atoms with Crippen LogP contribution in [0.3, 0.4) is 0 Å². The third-order valence-electron chi connectivity index (χ3n) is 3.72. The van der Waals surface area contributed by atoms with E-state index in [0.29, 0.717) is 12.3 Å². The van der Waals surface area contributed by atoms with Gasteiger partial charge in [-0.1, -0.05) is 66.2 Å². The maximum atomic E-state index is 9.96. The average molecular weight is 289 g/mol. The van der Waals surface area contributed by atoms with Crippen LogP contribution in [0.5, 0.6) is 5.75 Å². The lowest BCUT2D eigenvalue weighted by Gasteiger charge is -2.13. The van der Waals surface area contributed by atoms with Crippen molar-refractivity contribution in [3.63, 3.8) is 0 Å². The third kappa shape index (κ3) is 3.12. The van der Waals surface area contributed by atoms with Gasteiger partial charge >= 0.3 is 0 Å². The molecule has 2 N–H and O–H groups in total. The summed E-state index contributed by atoms with van der Waals surface area (Å²) < 4.78 is 0. The van der Waals surface area contributed by atoms with Crippen LogP contribution in [0, 0.1) is 6.92 Å². The summed E-state index contributed by atoms with van der Waals surface area (Å²) in [6.45, 7) is 2.62. The molecule has 3 aromatic carbocycles. The largest absolute Gasteiger partial charge is 0.508 e. The van der Waals surface area contributed by atoms with Crippen molar-refractivity contribution in [2.75, 3.05) is 5.32 Å². The molecule has 0 saturated heterocycles. The van der Waals surface area contributed by atoms with Crippen LogP contribution >= 0.6 is 0 Å². The average Bonchev–Trinajstić information content (AvgIpc) is 2.57. The number of hydrogen-bond donors (Lipinski definition) is 2. The maximum absolute atomic E-state index is 9.96. The molecule has 0 amide bonds. The van der Waals surface area contributed by atoms with E-state index < -0.39 is 0 Å². The lowest BCUT2D eigenvalue weighted by atomic mass is 10.0. The summed E-state index contributed by atoms with van der Waals surface area (Å²) in [5.74, 6) is 0.329. The second-order valence-electron chi connectivity index (χ2n) is 5.40. The van der Waals surface area contributed by atoms with Gasteiger partial charge in [-0.05, 0) is 24.6 Å². The van der Waals surface area contributed by atoms with E-state index in [1.165, 1.54) is 5.56 Å². The molecule has 0 fully saturated rings. The molecule has 3 rings (SSSR count). The molecule has 2 heteroatoms. The number of benzene rings is 3. The van der Waals surface area contributed by atoms with Crippen LogP contribution in [0.4, 0.5) is 5.69 Å². The van der Waals surface area contributed by atoms with Crippen LogP contribution in [0.2, 0.25) is 0 Å². The van der Waals surface area contributed by atoms with Crippen molar-refractivity contribution >= 4 is 5.69 Å². The number of rotatable bonds is 4. The third-order valence-corrected chi connectivity index (χ3v) is 3.72. The molecular weight excluding hydrogens is 270 g/mol. The Hall–Kier alpha value is -2.74. The molecule has 22 heavy (non-hydrogen) atoms. The van der Waals surface area contributed by atoms with Crippen molar-refractivity contribution in [3.8, 4) is 16.9 Å². The SMILES string of the molecule is Cc1ccc(O)c(CNc2ccccc2-c2ccccc2)c1. The quantitative estimate of drug-likeness (QED) is 0.710. The Morgan fingerprint density at radius 3 is 2.41 bits per heavy atom. The van der Waals surface area contributed by atoms with Crippen LogP contribution in [0.1, 0.15) is 11.1 Å². The summed E-state index contributed by atoms with van der Waals surface area (Å²) in [7, 11) is 0. The number of phenols is 1. The Bertz CT molecular complexity index is 766. The number of phenolic OH excluding ortho intramolecular Hbond substituents is 1. The zero-order valence-electron chi connectivity index (χ0n) is 12.6. The van der Waals surface area contributed by atoms with E-state index in [1.807, 2.05) is 49.4 Å². The van der Waals surface area contributed by atoms with Gasteiger partial charge in [-0.2, -0.15) is 0 Å². The summed E-state index contributed by atoms with van der Waals surface area (Å²) in [5, 5.41) is 13.4. The van der Waals surface area contributed by atoms with Crippen molar-refractivity contribution in [2.24, 2.45) is 0 Å². The van der Waals surface area contributed by atoms with E-state index in [9.17, 15) is 5.11 Å². The number of anilines is 1. The minimum Gasteiger partial charge on any atom is -0.508 e. The Kier molecular flexibility index (Phi) is 4.10. The number of hydrogen-bond acceptors (Lipinski definition) is 2. The molecule has 0 radical (unpaired) electrons. The molecule has 0 spiro atoms. The molecule has 0 atom stereocenters. The number of para-hydroxylation sites is 1. The van der Waals surface area contributed by atoms with Gasteiger partial charge in [0.15, 0.2) is 0 Å². The van der Waals surface area contributed by atoms with Gasteiger partial charge in [0.05, 0.1) is 0 Å². The molecule has 0 saturated carbocycles. The monoisotopic (exact) mass is 289 g/mol. The predicted molar refractivity (Wildman–Crippen MR) is 92.0 cm³/mol. The second-order valence-corrected chi connectivity index (χ2v) is 5.40. The van der Waals surface area contributed by atoms with E-state index in [4.69, 9.17) is 0 Å². The summed E-state index contributed by atoms with van der Waals surface area (Å²) in [5.41, 5.74) is 5.46. The molecular formula is C20H19NO. The lowest BCUT2D eigenvalue weighted by molar-refractivity contribution is 0.469. The molecule has 0 heterocycles. The van der Waals surface area contributed by atoms with E-state index in [2.05, 4.69) is 29.6 Å². The predicted octanol–water partition coefficient (Wildman–Crippen LogP) is 4.98. The molecule has 2 nitrogen and oxygen atoms in total. The van der Waals surface area contributed by atoms with E-state index >= 15 is 0 Å². The maximum Gasteiger partial charge on any atom is 0.120 e. The highest BCUT2D eigenvalue weighted by atomic mass is 16.3. The standard InChI is InChI=1S/C20H19NO/c1-15-11-12-20(22)17(13-15)14-21-19-10-6-5-9-18(19)16-7-3-2-4-8-16/h2-13,21-22H,14H2,1H3. The van der Waals surface area contributed by atoms with E-state index in [0.717, 1.165) is 22.4 Å². The Morgan fingerprint density at radius 2 is 1.59 bits per heavy atom. The first kappa shape index (κ1) is 14.2. The Morgan fingerprint density at radius 1 is 0.864 bits per heavy atom. The Balaban J connectivity index is 1.86. The highest BCUT2D eigenvalue weighted by Crippen LogP contribution is 2.28. The van der Waals surface area contributed by atoms with Gasteiger partial charge in [0, 0.05) is 23.4 Å². The fraction of sp³-hybridized carbons (Fsp3) is 0.100. The molecule has 0 aliphatic rings. The molecule has 0 unspecified atom stereocenters. The van der Waals surface area contributed by atoms with Crippen LogP contribution in [-0.4, -0.2) is 5.11 Å². The first-order valence-corrected chi connectivity index (χ1v) is 7.41. The van der Waals surface area contributed by atoms with Crippen molar-refractivity contribution in [3.05, 3.63) is 83.9 Å². The van der Waals surface area contributed by atoms with Gasteiger partial charge in [0.25, 0.3) is 0 Å². The molecule has 0 bridgehead atoms. The highest BCUT2D eigenvalue weighted by Gasteiger charge is 2.06. The van der Waals surface area contributed by atoms with Gasteiger partial charge in [-0.3, -0.25) is 0 Å². The minimum absolute atomic E-state index is 0.329. The van der Waals surface area contributed by atoms with Gasteiger partial charge in [0.2, 0.25) is 0 Å². The van der Waals surface area contributed by atoms with Gasteiger partial charge in [0.1, 0.15) is 5.75 Å². The number of aryl methyl sites for hydroxylation is 1. The summed E-state index contributed by atoms with van der Waals surface area (Å²) in [6.07, 6.45) is 0. The van der Waals surface area contributed by atoms with Gasteiger partial charge in [-0.15, -0.1) is 0 Å². The van der Waals surface area contributed by atoms with Crippen molar-refractivity contribution < 1.29 is 5.11 Å². The van der Waals surface area contributed by atoms with Crippen molar-refractivity contribution in [1.29, 1.82) is 0 Å². The topological polar surface area (TPSA) is 32.3 Å². The fourth-order valence-corrected chi connectivity index (χ4v) is 2.55. The van der Waals surface area contributed by atoms with Crippen LogP contribution in [0.25, 0.3) is 11.1 Å². The van der Waals surface area contributed by atoms with E-state index in [-0.39, 0.29) is 0 Å². The summed E-state index contributed by atoms with van der Waals surface area (Å²) in [6, 6.07) is 24.2. The first-order valence-electron chi connectivity index (χ1n) is 7.41. The van der Waals surface area contributed by atoms with Crippen LogP contribution in [0.15, 0.2) is 72.8 Å². The second kappa shape index (κ2) is 6.35. The molecule has 0 aliphatic carbocycles. The zero-order chi connectivity index (χ0) is 15.4. The lowest BCUT2D eigenvalue weighted by Crippen LogP contribution is -2.01. The fourth-order valence-electron chi connectivity index (χ4n) is 2.55. The minimum atomic E-state index is 0.329. The van der Waals surface area contributed by atoms with Crippen LogP contribution in [-0.2, 0) is 6.54 Å². The van der Waals surface area contributed by atoms with Gasteiger partial charge < -0.3 is 10.4 Å². The highest BCUT2D eigenvalue weighted by molar-refractivity contribution is 5.77. The first-order chi connectivity index (χ1) is 10.7. The number of nitrogens with one attached hydrogen (secondary N) is 1. The molecule has 0 aliphatic heterocycles. The Labute approximate surface area is 131 Å². The van der Waals surface area contributed by atoms with E-state index in [1.54, 1.807) is 6.07 Å².